The lowest BCUT2D eigenvalue weighted by Gasteiger charge is -2.13. The fourth-order valence-electron chi connectivity index (χ4n) is 3.35. The summed E-state index contributed by atoms with van der Waals surface area (Å²) in [5.41, 5.74) is 2.15. The monoisotopic (exact) mass is 479 g/mol. The fourth-order valence-corrected chi connectivity index (χ4v) is 4.15. The van der Waals surface area contributed by atoms with Crippen LogP contribution in [-0.4, -0.2) is 32.0 Å². The number of rotatable bonds is 11. The number of aromatic nitrogens is 5. The molecule has 4 aromatic rings. The summed E-state index contributed by atoms with van der Waals surface area (Å²) in [5.74, 6) is 4.41. The minimum absolute atomic E-state index is 0.355. The van der Waals surface area contributed by atoms with Crippen LogP contribution in [0.3, 0.4) is 0 Å². The molecule has 2 heterocycles. The summed E-state index contributed by atoms with van der Waals surface area (Å²) in [6.45, 7) is 7.62. The molecule has 0 bridgehead atoms. The quantitative estimate of drug-likeness (QED) is 0.263. The third kappa shape index (κ3) is 5.96. The molecule has 9 heteroatoms. The Morgan fingerprint density at radius 1 is 1.00 bits per heavy atom. The molecule has 0 saturated carbocycles. The fraction of sp³-hybridized carbons (Fsp3) is 0.360. The lowest BCUT2D eigenvalue weighted by atomic mass is 10.2. The number of benzene rings is 2. The van der Waals surface area contributed by atoms with Crippen LogP contribution in [0.1, 0.15) is 38.0 Å². The predicted molar refractivity (Wildman–Crippen MR) is 131 cm³/mol. The molecule has 0 aliphatic carbocycles. The van der Waals surface area contributed by atoms with E-state index in [0.29, 0.717) is 30.0 Å². The first-order valence-electron chi connectivity index (χ1n) is 11.3. The normalized spacial score (nSPS) is 11.2. The van der Waals surface area contributed by atoms with Crippen LogP contribution in [0, 0.1) is 5.92 Å². The van der Waals surface area contributed by atoms with Gasteiger partial charge in [0, 0.05) is 12.1 Å². The van der Waals surface area contributed by atoms with Gasteiger partial charge in [-0.1, -0.05) is 49.8 Å². The Morgan fingerprint density at radius 2 is 1.74 bits per heavy atom. The summed E-state index contributed by atoms with van der Waals surface area (Å²) >= 11 is 1.52. The lowest BCUT2D eigenvalue weighted by molar-refractivity contribution is 0.284. The topological polar surface area (TPSA) is 88.1 Å². The van der Waals surface area contributed by atoms with Gasteiger partial charge in [-0.15, -0.1) is 10.2 Å². The van der Waals surface area contributed by atoms with Gasteiger partial charge in [0.05, 0.1) is 12.9 Å². The summed E-state index contributed by atoms with van der Waals surface area (Å²) in [7, 11) is 1.64. The van der Waals surface area contributed by atoms with E-state index < -0.39 is 0 Å². The Hall–Kier alpha value is -3.33. The maximum absolute atomic E-state index is 5.98. The van der Waals surface area contributed by atoms with Crippen molar-refractivity contribution in [3.8, 4) is 22.9 Å². The van der Waals surface area contributed by atoms with Crippen LogP contribution >= 0.6 is 11.8 Å². The second kappa shape index (κ2) is 11.2. The van der Waals surface area contributed by atoms with E-state index >= 15 is 0 Å². The maximum Gasteiger partial charge on any atom is 0.237 e. The summed E-state index contributed by atoms with van der Waals surface area (Å²) in [6.07, 6.45) is 1.01. The zero-order valence-corrected chi connectivity index (χ0v) is 20.7. The third-order valence-corrected chi connectivity index (χ3v) is 6.13. The van der Waals surface area contributed by atoms with Crippen molar-refractivity contribution >= 4 is 11.8 Å². The molecule has 4 rings (SSSR count). The van der Waals surface area contributed by atoms with Crippen LogP contribution in [-0.2, 0) is 25.3 Å². The number of hydrogen-bond acceptors (Lipinski definition) is 8. The van der Waals surface area contributed by atoms with E-state index in [1.807, 2.05) is 36.4 Å². The summed E-state index contributed by atoms with van der Waals surface area (Å²) in [4.78, 5) is 4.52. The molecular formula is C25H29N5O3S. The average molecular weight is 480 g/mol. The Bertz CT molecular complexity index is 1190. The molecule has 2 aromatic carbocycles. The van der Waals surface area contributed by atoms with Crippen molar-refractivity contribution in [2.24, 2.45) is 5.92 Å². The van der Waals surface area contributed by atoms with Gasteiger partial charge in [0.2, 0.25) is 11.7 Å². The standard InChI is InChI=1S/C25H29N5O3S/c1-5-18-6-10-21(11-7-18)32-15-22-27-28-25(30(22)14-17(2)3)34-16-23-26-24(29-33-23)19-8-12-20(31-4)13-9-19/h6-13,17H,5,14-16H2,1-4H3. The number of thioether (sulfide) groups is 1. The summed E-state index contributed by atoms with van der Waals surface area (Å²) in [5, 5.41) is 13.7. The van der Waals surface area contributed by atoms with Gasteiger partial charge in [-0.3, -0.25) is 0 Å². The SMILES string of the molecule is CCc1ccc(OCc2nnc(SCc3nc(-c4ccc(OC)cc4)no3)n2CC(C)C)cc1. The van der Waals surface area contributed by atoms with Crippen molar-refractivity contribution in [3.63, 3.8) is 0 Å². The van der Waals surface area contributed by atoms with E-state index in [1.54, 1.807) is 7.11 Å². The van der Waals surface area contributed by atoms with Crippen LogP contribution in [0.15, 0.2) is 58.2 Å². The highest BCUT2D eigenvalue weighted by Gasteiger charge is 2.17. The number of aryl methyl sites for hydroxylation is 1. The van der Waals surface area contributed by atoms with E-state index in [9.17, 15) is 0 Å². The van der Waals surface area contributed by atoms with E-state index in [2.05, 4.69) is 57.8 Å². The van der Waals surface area contributed by atoms with Crippen LogP contribution in [0.25, 0.3) is 11.4 Å². The Labute approximate surface area is 203 Å². The molecule has 2 aromatic heterocycles. The lowest BCUT2D eigenvalue weighted by Crippen LogP contribution is -2.12. The highest BCUT2D eigenvalue weighted by molar-refractivity contribution is 7.98. The third-order valence-electron chi connectivity index (χ3n) is 5.18. The van der Waals surface area contributed by atoms with Crippen LogP contribution in [0.2, 0.25) is 0 Å². The van der Waals surface area contributed by atoms with E-state index in [-0.39, 0.29) is 0 Å². The van der Waals surface area contributed by atoms with Crippen molar-refractivity contribution in [3.05, 3.63) is 65.8 Å². The number of hydrogen-bond donors (Lipinski definition) is 0. The van der Waals surface area contributed by atoms with Gasteiger partial charge in [-0.2, -0.15) is 4.98 Å². The Balaban J connectivity index is 1.42. The molecule has 0 atom stereocenters. The molecule has 34 heavy (non-hydrogen) atoms. The van der Waals surface area contributed by atoms with E-state index in [4.69, 9.17) is 14.0 Å². The van der Waals surface area contributed by atoms with Crippen molar-refractivity contribution in [1.29, 1.82) is 0 Å². The molecular weight excluding hydrogens is 450 g/mol. The molecule has 0 aliphatic heterocycles. The number of ether oxygens (including phenoxy) is 2. The van der Waals surface area contributed by atoms with Gasteiger partial charge in [0.15, 0.2) is 11.0 Å². The predicted octanol–water partition coefficient (Wildman–Crippen LogP) is 5.43. The van der Waals surface area contributed by atoms with Crippen molar-refractivity contribution in [2.45, 2.75) is 51.3 Å². The molecule has 178 valence electrons. The highest BCUT2D eigenvalue weighted by atomic mass is 32.2. The molecule has 0 radical (unpaired) electrons. The van der Waals surface area contributed by atoms with Crippen molar-refractivity contribution in [1.82, 2.24) is 24.9 Å². The van der Waals surface area contributed by atoms with Crippen molar-refractivity contribution in [2.75, 3.05) is 7.11 Å². The molecule has 0 unspecified atom stereocenters. The molecule has 0 fully saturated rings. The second-order valence-corrected chi connectivity index (χ2v) is 9.16. The van der Waals surface area contributed by atoms with Gasteiger partial charge in [-0.05, 0) is 54.3 Å². The van der Waals surface area contributed by atoms with Gasteiger partial charge >= 0.3 is 0 Å². The average Bonchev–Trinajstić information content (AvgIpc) is 3.48. The minimum Gasteiger partial charge on any atom is -0.497 e. The largest absolute Gasteiger partial charge is 0.497 e. The van der Waals surface area contributed by atoms with Crippen molar-refractivity contribution < 1.29 is 14.0 Å². The zero-order valence-electron chi connectivity index (χ0n) is 19.9. The molecule has 0 spiro atoms. The first-order chi connectivity index (χ1) is 16.6. The summed E-state index contributed by atoms with van der Waals surface area (Å²) < 4.78 is 18.7. The number of nitrogens with zero attached hydrogens (tertiary/aromatic N) is 5. The molecule has 8 nitrogen and oxygen atoms in total. The van der Waals surface area contributed by atoms with Gasteiger partial charge < -0.3 is 18.6 Å². The Kier molecular flexibility index (Phi) is 7.84. The maximum atomic E-state index is 5.98. The van der Waals surface area contributed by atoms with Crippen LogP contribution < -0.4 is 9.47 Å². The van der Waals surface area contributed by atoms with E-state index in [0.717, 1.165) is 41.0 Å². The summed E-state index contributed by atoms with van der Waals surface area (Å²) in [6, 6.07) is 15.7. The molecule has 0 amide bonds. The first kappa shape index (κ1) is 23.8. The highest BCUT2D eigenvalue weighted by Crippen LogP contribution is 2.25. The minimum atomic E-state index is 0.355. The van der Waals surface area contributed by atoms with Crippen LogP contribution in [0.4, 0.5) is 0 Å². The second-order valence-electron chi connectivity index (χ2n) is 8.22. The van der Waals surface area contributed by atoms with Gasteiger partial charge in [0.1, 0.15) is 18.1 Å². The smallest absolute Gasteiger partial charge is 0.237 e. The molecule has 0 N–H and O–H groups in total. The molecule has 0 saturated heterocycles. The van der Waals surface area contributed by atoms with Gasteiger partial charge in [0.25, 0.3) is 0 Å². The Morgan fingerprint density at radius 3 is 2.41 bits per heavy atom. The zero-order chi connectivity index (χ0) is 23.9. The van der Waals surface area contributed by atoms with Crippen LogP contribution in [0.5, 0.6) is 11.5 Å². The van der Waals surface area contributed by atoms with Gasteiger partial charge in [-0.25, -0.2) is 0 Å². The molecule has 0 aliphatic rings. The van der Waals surface area contributed by atoms with E-state index in [1.165, 1.54) is 17.3 Å². The first-order valence-corrected chi connectivity index (χ1v) is 12.3. The number of methoxy groups -OCH3 is 1.